The molecule has 1 aromatic carbocycles. The Kier molecular flexibility index (Phi) is 2.66. The van der Waals surface area contributed by atoms with Crippen LogP contribution in [0, 0.1) is 11.3 Å². The lowest BCUT2D eigenvalue weighted by Gasteiger charge is -2.01. The summed E-state index contributed by atoms with van der Waals surface area (Å²) in [6.45, 7) is 0. The lowest BCUT2D eigenvalue weighted by atomic mass is 10.1. The summed E-state index contributed by atoms with van der Waals surface area (Å²) in [7, 11) is 0. The standard InChI is InChI=1S/C12H7ClN2/c13-11-3-1-9(2-4-11)10-5-6-15-12(7-10)8-14/h1-7H. The number of nitrogens with zero attached hydrogens (tertiary/aromatic N) is 2. The molecule has 72 valence electrons. The van der Waals surface area contributed by atoms with Crippen LogP contribution >= 0.6 is 11.6 Å². The highest BCUT2D eigenvalue weighted by atomic mass is 35.5. The fourth-order valence-corrected chi connectivity index (χ4v) is 1.44. The van der Waals surface area contributed by atoms with Crippen LogP contribution < -0.4 is 0 Å². The van der Waals surface area contributed by atoms with Gasteiger partial charge in [0.1, 0.15) is 11.8 Å². The van der Waals surface area contributed by atoms with Gasteiger partial charge < -0.3 is 0 Å². The third kappa shape index (κ3) is 2.15. The van der Waals surface area contributed by atoms with Crippen molar-refractivity contribution in [2.24, 2.45) is 0 Å². The molecule has 0 aliphatic carbocycles. The Hall–Kier alpha value is -1.85. The summed E-state index contributed by atoms with van der Waals surface area (Å²) in [5.74, 6) is 0. The Morgan fingerprint density at radius 3 is 2.47 bits per heavy atom. The van der Waals surface area contributed by atoms with Crippen LogP contribution in [-0.2, 0) is 0 Å². The fraction of sp³-hybridized carbons (Fsp3) is 0. The van der Waals surface area contributed by atoms with E-state index >= 15 is 0 Å². The highest BCUT2D eigenvalue weighted by Gasteiger charge is 1.99. The van der Waals surface area contributed by atoms with E-state index in [1.165, 1.54) is 0 Å². The lowest BCUT2D eigenvalue weighted by molar-refractivity contribution is 1.26. The van der Waals surface area contributed by atoms with Gasteiger partial charge in [-0.3, -0.25) is 0 Å². The van der Waals surface area contributed by atoms with Crippen molar-refractivity contribution in [1.29, 1.82) is 5.26 Å². The minimum atomic E-state index is 0.419. The maximum Gasteiger partial charge on any atom is 0.141 e. The van der Waals surface area contributed by atoms with Gasteiger partial charge in [-0.25, -0.2) is 4.98 Å². The van der Waals surface area contributed by atoms with Crippen molar-refractivity contribution in [2.45, 2.75) is 0 Å². The normalized spacial score (nSPS) is 9.60. The molecule has 0 bridgehead atoms. The van der Waals surface area contributed by atoms with Gasteiger partial charge in [-0.05, 0) is 35.4 Å². The summed E-state index contributed by atoms with van der Waals surface area (Å²) in [6, 6.07) is 13.1. The van der Waals surface area contributed by atoms with Crippen LogP contribution in [0.1, 0.15) is 5.69 Å². The number of nitriles is 1. The minimum absolute atomic E-state index is 0.419. The number of rotatable bonds is 1. The molecular formula is C12H7ClN2. The molecule has 1 aromatic heterocycles. The van der Waals surface area contributed by atoms with Crippen molar-refractivity contribution in [3.05, 3.63) is 53.3 Å². The summed E-state index contributed by atoms with van der Waals surface area (Å²) in [5.41, 5.74) is 2.42. The van der Waals surface area contributed by atoms with Gasteiger partial charge in [0, 0.05) is 11.2 Å². The van der Waals surface area contributed by atoms with Crippen LogP contribution in [0.15, 0.2) is 42.6 Å². The van der Waals surface area contributed by atoms with Crippen molar-refractivity contribution in [3.8, 4) is 17.2 Å². The molecule has 0 amide bonds. The smallest absolute Gasteiger partial charge is 0.141 e. The molecule has 0 aliphatic rings. The molecule has 0 saturated carbocycles. The van der Waals surface area contributed by atoms with Gasteiger partial charge in [0.25, 0.3) is 0 Å². The largest absolute Gasteiger partial charge is 0.246 e. The summed E-state index contributed by atoms with van der Waals surface area (Å²) < 4.78 is 0. The average molecular weight is 215 g/mol. The zero-order chi connectivity index (χ0) is 10.7. The van der Waals surface area contributed by atoms with E-state index in [4.69, 9.17) is 16.9 Å². The third-order valence-electron chi connectivity index (χ3n) is 2.05. The number of benzene rings is 1. The zero-order valence-electron chi connectivity index (χ0n) is 7.81. The predicted octanol–water partition coefficient (Wildman–Crippen LogP) is 3.27. The second kappa shape index (κ2) is 4.12. The van der Waals surface area contributed by atoms with E-state index in [1.807, 2.05) is 36.4 Å². The maximum absolute atomic E-state index is 8.72. The van der Waals surface area contributed by atoms with Crippen molar-refractivity contribution in [1.82, 2.24) is 4.98 Å². The molecule has 0 spiro atoms. The number of aromatic nitrogens is 1. The number of hydrogen-bond acceptors (Lipinski definition) is 2. The zero-order valence-corrected chi connectivity index (χ0v) is 8.57. The van der Waals surface area contributed by atoms with Gasteiger partial charge in [0.15, 0.2) is 0 Å². The first kappa shape index (κ1) is 9.70. The fourth-order valence-electron chi connectivity index (χ4n) is 1.31. The van der Waals surface area contributed by atoms with Crippen molar-refractivity contribution in [3.63, 3.8) is 0 Å². The second-order valence-electron chi connectivity index (χ2n) is 3.05. The summed E-state index contributed by atoms with van der Waals surface area (Å²) in [6.07, 6.45) is 1.63. The van der Waals surface area contributed by atoms with Crippen LogP contribution in [0.4, 0.5) is 0 Å². The number of halogens is 1. The van der Waals surface area contributed by atoms with Gasteiger partial charge in [0.2, 0.25) is 0 Å². The van der Waals surface area contributed by atoms with Crippen molar-refractivity contribution >= 4 is 11.6 Å². The first-order valence-corrected chi connectivity index (χ1v) is 4.79. The van der Waals surface area contributed by atoms with Gasteiger partial charge >= 0.3 is 0 Å². The Bertz CT molecular complexity index is 512. The lowest BCUT2D eigenvalue weighted by Crippen LogP contribution is -1.83. The van der Waals surface area contributed by atoms with Gasteiger partial charge in [0.05, 0.1) is 0 Å². The van der Waals surface area contributed by atoms with Gasteiger partial charge in [-0.2, -0.15) is 5.26 Å². The van der Waals surface area contributed by atoms with E-state index in [9.17, 15) is 0 Å². The summed E-state index contributed by atoms with van der Waals surface area (Å²) in [5, 5.41) is 9.42. The van der Waals surface area contributed by atoms with Crippen LogP contribution in [0.25, 0.3) is 11.1 Å². The monoisotopic (exact) mass is 214 g/mol. The van der Waals surface area contributed by atoms with E-state index in [-0.39, 0.29) is 0 Å². The highest BCUT2D eigenvalue weighted by molar-refractivity contribution is 6.30. The first-order valence-electron chi connectivity index (χ1n) is 4.42. The van der Waals surface area contributed by atoms with Crippen molar-refractivity contribution in [2.75, 3.05) is 0 Å². The van der Waals surface area contributed by atoms with Gasteiger partial charge in [-0.1, -0.05) is 23.7 Å². The highest BCUT2D eigenvalue weighted by Crippen LogP contribution is 2.21. The van der Waals surface area contributed by atoms with Gasteiger partial charge in [-0.15, -0.1) is 0 Å². The average Bonchev–Trinajstić information content (AvgIpc) is 2.30. The molecule has 0 fully saturated rings. The molecule has 2 rings (SSSR count). The van der Waals surface area contributed by atoms with E-state index in [0.29, 0.717) is 10.7 Å². The molecule has 1 heterocycles. The van der Waals surface area contributed by atoms with Crippen LogP contribution in [0.2, 0.25) is 5.02 Å². The summed E-state index contributed by atoms with van der Waals surface area (Å²) >= 11 is 5.79. The summed E-state index contributed by atoms with van der Waals surface area (Å²) in [4.78, 5) is 3.91. The molecule has 0 saturated heterocycles. The molecule has 0 N–H and O–H groups in total. The Labute approximate surface area is 92.8 Å². The van der Waals surface area contributed by atoms with E-state index in [2.05, 4.69) is 4.98 Å². The van der Waals surface area contributed by atoms with E-state index < -0.39 is 0 Å². The van der Waals surface area contributed by atoms with E-state index in [1.54, 1.807) is 12.3 Å². The molecule has 15 heavy (non-hydrogen) atoms. The molecule has 2 aromatic rings. The second-order valence-corrected chi connectivity index (χ2v) is 3.48. The molecule has 3 heteroatoms. The molecular weight excluding hydrogens is 208 g/mol. The minimum Gasteiger partial charge on any atom is -0.246 e. The topological polar surface area (TPSA) is 36.7 Å². The molecule has 2 nitrogen and oxygen atoms in total. The number of pyridine rings is 1. The maximum atomic E-state index is 8.72. The Morgan fingerprint density at radius 1 is 1.07 bits per heavy atom. The Balaban J connectivity index is 2.46. The molecule has 0 radical (unpaired) electrons. The molecule has 0 aliphatic heterocycles. The van der Waals surface area contributed by atoms with Crippen LogP contribution in [-0.4, -0.2) is 4.98 Å². The molecule has 0 unspecified atom stereocenters. The van der Waals surface area contributed by atoms with E-state index in [0.717, 1.165) is 11.1 Å². The third-order valence-corrected chi connectivity index (χ3v) is 2.30. The van der Waals surface area contributed by atoms with Crippen LogP contribution in [0.3, 0.4) is 0 Å². The van der Waals surface area contributed by atoms with Crippen molar-refractivity contribution < 1.29 is 0 Å². The quantitative estimate of drug-likeness (QED) is 0.731. The Morgan fingerprint density at radius 2 is 1.80 bits per heavy atom. The van der Waals surface area contributed by atoms with Crippen LogP contribution in [0.5, 0.6) is 0 Å². The number of hydrogen-bond donors (Lipinski definition) is 0. The SMILES string of the molecule is N#Cc1cc(-c2ccc(Cl)cc2)ccn1. The molecule has 0 atom stereocenters. The first-order chi connectivity index (χ1) is 7.29. The predicted molar refractivity (Wildman–Crippen MR) is 59.4 cm³/mol.